The van der Waals surface area contributed by atoms with E-state index in [2.05, 4.69) is 70.1 Å². The van der Waals surface area contributed by atoms with E-state index < -0.39 is 0 Å². The lowest BCUT2D eigenvalue weighted by Gasteiger charge is -2.46. The Morgan fingerprint density at radius 1 is 1.29 bits per heavy atom. The van der Waals surface area contributed by atoms with Gasteiger partial charge in [0, 0.05) is 47.9 Å². The minimum atomic E-state index is 0.229. The van der Waals surface area contributed by atoms with Crippen molar-refractivity contribution in [1.82, 2.24) is 10.2 Å². The monoisotopic (exact) mass is 351 g/mol. The molecule has 1 heterocycles. The Hall–Kier alpha value is -0.580. The predicted octanol–water partition coefficient (Wildman–Crippen LogP) is 3.23. The van der Waals surface area contributed by atoms with Gasteiger partial charge in [-0.1, -0.05) is 15.9 Å². The Balaban J connectivity index is 1.79. The van der Waals surface area contributed by atoms with Crippen molar-refractivity contribution in [2.24, 2.45) is 0 Å². The van der Waals surface area contributed by atoms with Crippen molar-refractivity contribution in [3.63, 3.8) is 0 Å². The molecule has 3 nitrogen and oxygen atoms in total. The largest absolute Gasteiger partial charge is 0.368 e. The van der Waals surface area contributed by atoms with Crippen LogP contribution in [0.5, 0.6) is 0 Å². The van der Waals surface area contributed by atoms with Crippen LogP contribution in [0.3, 0.4) is 0 Å². The summed E-state index contributed by atoms with van der Waals surface area (Å²) in [6.45, 7) is 8.96. The Morgan fingerprint density at radius 3 is 2.71 bits per heavy atom. The normalized spacial score (nSPS) is 22.6. The summed E-state index contributed by atoms with van der Waals surface area (Å²) in [4.78, 5) is 5.01. The maximum Gasteiger partial charge on any atom is 0.0413 e. The molecule has 1 aliphatic heterocycles. The molecule has 0 radical (unpaired) electrons. The molecule has 21 heavy (non-hydrogen) atoms. The summed E-state index contributed by atoms with van der Waals surface area (Å²) >= 11 is 3.62. The molecule has 1 saturated heterocycles. The van der Waals surface area contributed by atoms with Crippen molar-refractivity contribution in [3.8, 4) is 0 Å². The number of nitrogens with one attached hydrogen (secondary N) is 1. The van der Waals surface area contributed by atoms with Gasteiger partial charge in [0.25, 0.3) is 0 Å². The van der Waals surface area contributed by atoms with Crippen LogP contribution in [-0.4, -0.2) is 43.2 Å². The molecule has 4 heteroatoms. The van der Waals surface area contributed by atoms with Gasteiger partial charge in [-0.2, -0.15) is 0 Å². The average Bonchev–Trinajstić information content (AvgIpc) is 3.24. The van der Waals surface area contributed by atoms with Crippen LogP contribution >= 0.6 is 15.9 Å². The predicted molar refractivity (Wildman–Crippen MR) is 92.9 cm³/mol. The van der Waals surface area contributed by atoms with Gasteiger partial charge in [-0.15, -0.1) is 0 Å². The second-order valence-electron chi connectivity index (χ2n) is 7.08. The van der Waals surface area contributed by atoms with Crippen molar-refractivity contribution in [1.29, 1.82) is 0 Å². The topological polar surface area (TPSA) is 18.5 Å². The Bertz CT molecular complexity index is 511. The van der Waals surface area contributed by atoms with E-state index in [1.54, 1.807) is 0 Å². The highest BCUT2D eigenvalue weighted by molar-refractivity contribution is 9.10. The molecule has 2 aliphatic rings. The van der Waals surface area contributed by atoms with Gasteiger partial charge in [0.1, 0.15) is 0 Å². The summed E-state index contributed by atoms with van der Waals surface area (Å²) in [7, 11) is 2.23. The van der Waals surface area contributed by atoms with Crippen molar-refractivity contribution in [2.75, 3.05) is 31.6 Å². The van der Waals surface area contributed by atoms with Gasteiger partial charge in [-0.05, 0) is 57.5 Å². The lowest BCUT2D eigenvalue weighted by molar-refractivity contribution is 0.139. The van der Waals surface area contributed by atoms with Gasteiger partial charge in [0.2, 0.25) is 0 Å². The number of hydrogen-bond acceptors (Lipinski definition) is 3. The van der Waals surface area contributed by atoms with E-state index in [1.165, 1.54) is 28.6 Å². The van der Waals surface area contributed by atoms with Crippen LogP contribution < -0.4 is 10.2 Å². The maximum absolute atomic E-state index is 3.65. The fourth-order valence-corrected chi connectivity index (χ4v) is 3.40. The van der Waals surface area contributed by atoms with Crippen molar-refractivity contribution in [2.45, 2.75) is 44.8 Å². The van der Waals surface area contributed by atoms with E-state index in [0.717, 1.165) is 32.2 Å². The van der Waals surface area contributed by atoms with Gasteiger partial charge in [-0.3, -0.25) is 4.90 Å². The summed E-state index contributed by atoms with van der Waals surface area (Å²) in [5.74, 6) is 0. The quantitative estimate of drug-likeness (QED) is 0.898. The molecule has 0 amide bonds. The minimum Gasteiger partial charge on any atom is -0.368 e. The van der Waals surface area contributed by atoms with E-state index in [1.807, 2.05) is 0 Å². The standard InChI is InChI=1S/C17H26BrN3/c1-17(2)12-21(9-8-20(17)3)16-7-4-14(18)10-13(16)11-19-15-5-6-15/h4,7,10,15,19H,5-6,8-9,11-12H2,1-3H3. The lowest BCUT2D eigenvalue weighted by atomic mass is 9.98. The molecule has 1 aliphatic carbocycles. The van der Waals surface area contributed by atoms with Crippen LogP contribution in [-0.2, 0) is 6.54 Å². The molecule has 1 N–H and O–H groups in total. The van der Waals surface area contributed by atoms with E-state index in [9.17, 15) is 0 Å². The first kappa shape index (κ1) is 15.3. The number of piperazine rings is 1. The van der Waals surface area contributed by atoms with Crippen LogP contribution in [0, 0.1) is 0 Å². The Morgan fingerprint density at radius 2 is 2.05 bits per heavy atom. The molecular formula is C17H26BrN3. The van der Waals surface area contributed by atoms with E-state index in [0.29, 0.717) is 0 Å². The second kappa shape index (κ2) is 5.90. The summed E-state index contributed by atoms with van der Waals surface area (Å²) in [6.07, 6.45) is 2.68. The molecule has 0 spiro atoms. The number of benzene rings is 1. The third-order valence-corrected chi connectivity index (χ3v) is 5.35. The molecule has 0 aromatic heterocycles. The molecule has 1 aromatic rings. The first-order chi connectivity index (χ1) is 9.95. The zero-order valence-corrected chi connectivity index (χ0v) is 14.9. The van der Waals surface area contributed by atoms with Crippen molar-refractivity contribution < 1.29 is 0 Å². The molecule has 0 atom stereocenters. The fraction of sp³-hybridized carbons (Fsp3) is 0.647. The SMILES string of the molecule is CN1CCN(c2ccc(Br)cc2CNC2CC2)CC1(C)C. The van der Waals surface area contributed by atoms with Crippen molar-refractivity contribution >= 4 is 21.6 Å². The zero-order chi connectivity index (χ0) is 15.0. The Kier molecular flexibility index (Phi) is 4.30. The van der Waals surface area contributed by atoms with Gasteiger partial charge in [-0.25, -0.2) is 0 Å². The van der Waals surface area contributed by atoms with Gasteiger partial charge >= 0.3 is 0 Å². The highest BCUT2D eigenvalue weighted by atomic mass is 79.9. The summed E-state index contributed by atoms with van der Waals surface area (Å²) in [6, 6.07) is 7.47. The highest BCUT2D eigenvalue weighted by Crippen LogP contribution is 2.30. The van der Waals surface area contributed by atoms with Gasteiger partial charge in [0.05, 0.1) is 0 Å². The zero-order valence-electron chi connectivity index (χ0n) is 13.3. The number of hydrogen-bond donors (Lipinski definition) is 1. The number of nitrogens with zero attached hydrogens (tertiary/aromatic N) is 2. The van der Waals surface area contributed by atoms with Crippen LogP contribution in [0.15, 0.2) is 22.7 Å². The molecule has 1 aromatic carbocycles. The van der Waals surface area contributed by atoms with E-state index in [-0.39, 0.29) is 5.54 Å². The number of halogens is 1. The number of likely N-dealkylation sites (N-methyl/N-ethyl adjacent to an activating group) is 1. The number of anilines is 1. The maximum atomic E-state index is 3.65. The minimum absolute atomic E-state index is 0.229. The van der Waals surface area contributed by atoms with Crippen LogP contribution in [0.2, 0.25) is 0 Å². The second-order valence-corrected chi connectivity index (χ2v) is 8.00. The van der Waals surface area contributed by atoms with Crippen LogP contribution in [0.1, 0.15) is 32.3 Å². The molecule has 1 saturated carbocycles. The Labute approximate surface area is 136 Å². The molecule has 0 bridgehead atoms. The first-order valence-electron chi connectivity index (χ1n) is 7.94. The third-order valence-electron chi connectivity index (χ3n) is 4.86. The number of rotatable bonds is 4. The molecule has 3 rings (SSSR count). The van der Waals surface area contributed by atoms with E-state index >= 15 is 0 Å². The molecule has 0 unspecified atom stereocenters. The van der Waals surface area contributed by atoms with Gasteiger partial charge in [0.15, 0.2) is 0 Å². The summed E-state index contributed by atoms with van der Waals surface area (Å²) in [5, 5.41) is 3.65. The molecule has 116 valence electrons. The molecule has 2 fully saturated rings. The fourth-order valence-electron chi connectivity index (χ4n) is 2.99. The molecular weight excluding hydrogens is 326 g/mol. The first-order valence-corrected chi connectivity index (χ1v) is 8.73. The van der Waals surface area contributed by atoms with E-state index in [4.69, 9.17) is 0 Å². The smallest absolute Gasteiger partial charge is 0.0413 e. The van der Waals surface area contributed by atoms with Crippen LogP contribution in [0.4, 0.5) is 5.69 Å². The lowest BCUT2D eigenvalue weighted by Crippen LogP contribution is -2.57. The highest BCUT2D eigenvalue weighted by Gasteiger charge is 2.32. The van der Waals surface area contributed by atoms with Gasteiger partial charge < -0.3 is 10.2 Å². The van der Waals surface area contributed by atoms with Crippen LogP contribution in [0.25, 0.3) is 0 Å². The summed E-state index contributed by atoms with van der Waals surface area (Å²) < 4.78 is 1.17. The average molecular weight is 352 g/mol. The summed E-state index contributed by atoms with van der Waals surface area (Å²) in [5.41, 5.74) is 3.04. The van der Waals surface area contributed by atoms with Crippen molar-refractivity contribution in [3.05, 3.63) is 28.2 Å². The third kappa shape index (κ3) is 3.61.